The molecule has 0 unspecified atom stereocenters. The topological polar surface area (TPSA) is 42.0 Å². The van der Waals surface area contributed by atoms with E-state index in [4.69, 9.17) is 21.1 Å². The largest absolute Gasteiger partial charge is 0.492 e. The number of ether oxygens (including phenoxy) is 2. The molecule has 1 amide bonds. The summed E-state index contributed by atoms with van der Waals surface area (Å²) >= 11 is 5.85. The maximum Gasteiger partial charge on any atom is 0.254 e. The van der Waals surface area contributed by atoms with Gasteiger partial charge in [0.15, 0.2) is 0 Å². The van der Waals surface area contributed by atoms with E-state index in [9.17, 15) is 9.18 Å². The van der Waals surface area contributed by atoms with Gasteiger partial charge < -0.3 is 14.4 Å². The zero-order valence-corrected chi connectivity index (χ0v) is 19.9. The summed E-state index contributed by atoms with van der Waals surface area (Å²) in [6.07, 6.45) is 4.86. The number of carbonyl (C=O) groups excluding carboxylic acids is 1. The van der Waals surface area contributed by atoms with Crippen LogP contribution in [0.15, 0.2) is 42.5 Å². The summed E-state index contributed by atoms with van der Waals surface area (Å²) in [6.45, 7) is 3.45. The fourth-order valence-electron chi connectivity index (χ4n) is 4.92. The third-order valence-electron chi connectivity index (χ3n) is 6.65. The highest BCUT2D eigenvalue weighted by Gasteiger charge is 2.34. The second kappa shape index (κ2) is 11.3. The second-order valence-corrected chi connectivity index (χ2v) is 9.29. The second-order valence-electron chi connectivity index (χ2n) is 8.88. The van der Waals surface area contributed by atoms with Crippen molar-refractivity contribution in [2.24, 2.45) is 0 Å². The SMILES string of the molecule is CO[C@@H]1CCCN2C(=O)c3cccc(c3)OCCN(Cc3ccc(Cl)c(F)c3)CCCC[C@H]12. The van der Waals surface area contributed by atoms with Gasteiger partial charge in [0.2, 0.25) is 0 Å². The smallest absolute Gasteiger partial charge is 0.254 e. The van der Waals surface area contributed by atoms with Gasteiger partial charge in [-0.05, 0) is 68.1 Å². The fraction of sp³-hybridized carbons (Fsp3) is 0.500. The van der Waals surface area contributed by atoms with Crippen LogP contribution in [0.5, 0.6) is 5.75 Å². The van der Waals surface area contributed by atoms with Crippen molar-refractivity contribution in [3.05, 3.63) is 64.4 Å². The van der Waals surface area contributed by atoms with Gasteiger partial charge in [0.1, 0.15) is 18.2 Å². The standard InChI is InChI=1S/C26H32ClFN2O3/c1-32-25-9-5-13-30-24(25)8-2-3-12-29(18-19-10-11-22(27)23(28)16-19)14-15-33-21-7-4-6-20(17-21)26(30)31/h4,6-7,10-11,16-17,24-25H,2-3,5,8-9,12-15,18H2,1H3/t24-,25-/m1/s1. The molecule has 4 rings (SSSR count). The summed E-state index contributed by atoms with van der Waals surface area (Å²) in [5.41, 5.74) is 1.54. The summed E-state index contributed by atoms with van der Waals surface area (Å²) in [4.78, 5) is 17.6. The van der Waals surface area contributed by atoms with Gasteiger partial charge in [-0.3, -0.25) is 9.69 Å². The lowest BCUT2D eigenvalue weighted by Gasteiger charge is -2.41. The third kappa shape index (κ3) is 6.05. The average molecular weight is 475 g/mol. The Balaban J connectivity index is 1.53. The number of piperidine rings is 1. The molecule has 2 aliphatic rings. The van der Waals surface area contributed by atoms with Crippen LogP contribution in [0.1, 0.15) is 48.0 Å². The number of benzene rings is 2. The van der Waals surface area contributed by atoms with Gasteiger partial charge in [-0.2, -0.15) is 0 Å². The minimum absolute atomic E-state index is 0.0515. The fourth-order valence-corrected chi connectivity index (χ4v) is 5.04. The van der Waals surface area contributed by atoms with Gasteiger partial charge >= 0.3 is 0 Å². The van der Waals surface area contributed by atoms with E-state index in [1.165, 1.54) is 6.07 Å². The van der Waals surface area contributed by atoms with E-state index in [0.29, 0.717) is 31.0 Å². The first-order valence-corrected chi connectivity index (χ1v) is 12.2. The minimum Gasteiger partial charge on any atom is -0.492 e. The van der Waals surface area contributed by atoms with Crippen LogP contribution in [0.2, 0.25) is 5.02 Å². The van der Waals surface area contributed by atoms with Gasteiger partial charge in [-0.1, -0.05) is 30.2 Å². The highest BCUT2D eigenvalue weighted by Crippen LogP contribution is 2.27. The highest BCUT2D eigenvalue weighted by atomic mass is 35.5. The number of hydrogen-bond acceptors (Lipinski definition) is 4. The van der Waals surface area contributed by atoms with E-state index >= 15 is 0 Å². The summed E-state index contributed by atoms with van der Waals surface area (Å²) in [7, 11) is 1.74. The van der Waals surface area contributed by atoms with Crippen LogP contribution in [0.25, 0.3) is 0 Å². The van der Waals surface area contributed by atoms with Crippen molar-refractivity contribution < 1.29 is 18.7 Å². The molecule has 2 atom stereocenters. The molecule has 0 radical (unpaired) electrons. The number of halogens is 2. The molecule has 1 saturated heterocycles. The summed E-state index contributed by atoms with van der Waals surface area (Å²) in [6, 6.07) is 12.5. The maximum atomic E-state index is 13.9. The van der Waals surface area contributed by atoms with Gasteiger partial charge in [0.25, 0.3) is 5.91 Å². The predicted molar refractivity (Wildman–Crippen MR) is 127 cm³/mol. The lowest BCUT2D eigenvalue weighted by atomic mass is 9.93. The minimum atomic E-state index is -0.392. The molecule has 0 N–H and O–H groups in total. The van der Waals surface area contributed by atoms with E-state index in [2.05, 4.69) is 4.90 Å². The Kier molecular flexibility index (Phi) is 8.23. The molecule has 0 aromatic heterocycles. The van der Waals surface area contributed by atoms with Crippen LogP contribution in [0.3, 0.4) is 0 Å². The van der Waals surface area contributed by atoms with Crippen LogP contribution in [-0.4, -0.2) is 61.2 Å². The van der Waals surface area contributed by atoms with E-state index in [0.717, 1.165) is 50.8 Å². The molecule has 2 aromatic carbocycles. The Bertz CT molecular complexity index is 957. The molecule has 1 fully saturated rings. The van der Waals surface area contributed by atoms with Crippen molar-refractivity contribution in [3.8, 4) is 5.75 Å². The molecule has 7 heteroatoms. The monoisotopic (exact) mass is 474 g/mol. The Labute approximate surface area is 200 Å². The molecule has 2 bridgehead atoms. The lowest BCUT2D eigenvalue weighted by molar-refractivity contribution is -0.0156. The first-order chi connectivity index (χ1) is 16.0. The number of hydrogen-bond donors (Lipinski definition) is 0. The van der Waals surface area contributed by atoms with Crippen LogP contribution in [0.4, 0.5) is 4.39 Å². The van der Waals surface area contributed by atoms with Crippen LogP contribution in [-0.2, 0) is 11.3 Å². The number of methoxy groups -OCH3 is 1. The molecule has 0 spiro atoms. The molecule has 2 aromatic rings. The number of carbonyl (C=O) groups is 1. The van der Waals surface area contributed by atoms with Crippen LogP contribution >= 0.6 is 11.6 Å². The van der Waals surface area contributed by atoms with Crippen molar-refractivity contribution in [2.75, 3.05) is 33.4 Å². The zero-order chi connectivity index (χ0) is 23.2. The van der Waals surface area contributed by atoms with Crippen molar-refractivity contribution in [3.63, 3.8) is 0 Å². The molecule has 0 aliphatic carbocycles. The molecule has 2 heterocycles. The van der Waals surface area contributed by atoms with Crippen molar-refractivity contribution >= 4 is 17.5 Å². The Morgan fingerprint density at radius 3 is 2.79 bits per heavy atom. The zero-order valence-electron chi connectivity index (χ0n) is 19.1. The first kappa shape index (κ1) is 24.0. The Morgan fingerprint density at radius 2 is 1.97 bits per heavy atom. The number of nitrogens with zero attached hydrogens (tertiary/aromatic N) is 2. The van der Waals surface area contributed by atoms with Gasteiger partial charge in [-0.15, -0.1) is 0 Å². The van der Waals surface area contributed by atoms with E-state index < -0.39 is 5.82 Å². The quantitative estimate of drug-likeness (QED) is 0.616. The molecule has 0 saturated carbocycles. The van der Waals surface area contributed by atoms with Crippen molar-refractivity contribution in [2.45, 2.75) is 50.8 Å². The van der Waals surface area contributed by atoms with Gasteiger partial charge in [0, 0.05) is 32.3 Å². The summed E-state index contributed by atoms with van der Waals surface area (Å²) in [5.74, 6) is 0.347. The van der Waals surface area contributed by atoms with Crippen LogP contribution < -0.4 is 4.74 Å². The summed E-state index contributed by atoms with van der Waals surface area (Å²) < 4.78 is 25.7. The first-order valence-electron chi connectivity index (χ1n) is 11.8. The molecule has 5 nitrogen and oxygen atoms in total. The van der Waals surface area contributed by atoms with Crippen molar-refractivity contribution in [1.82, 2.24) is 9.80 Å². The van der Waals surface area contributed by atoms with Gasteiger partial charge in [-0.25, -0.2) is 4.39 Å². The van der Waals surface area contributed by atoms with E-state index in [1.807, 2.05) is 35.2 Å². The molecular weight excluding hydrogens is 443 g/mol. The Hall–Kier alpha value is -2.15. The summed E-state index contributed by atoms with van der Waals surface area (Å²) in [5, 5.41) is 0.141. The lowest BCUT2D eigenvalue weighted by Crippen LogP contribution is -2.51. The average Bonchev–Trinajstić information content (AvgIpc) is 2.83. The molecule has 178 valence electrons. The predicted octanol–water partition coefficient (Wildman–Crippen LogP) is 5.16. The van der Waals surface area contributed by atoms with Crippen LogP contribution in [0, 0.1) is 5.82 Å². The maximum absolute atomic E-state index is 13.9. The van der Waals surface area contributed by atoms with E-state index in [-0.39, 0.29) is 23.1 Å². The molecule has 2 aliphatic heterocycles. The molecular formula is C26H32ClFN2O3. The van der Waals surface area contributed by atoms with Gasteiger partial charge in [0.05, 0.1) is 17.2 Å². The highest BCUT2D eigenvalue weighted by molar-refractivity contribution is 6.30. The van der Waals surface area contributed by atoms with Crippen molar-refractivity contribution in [1.29, 1.82) is 0 Å². The third-order valence-corrected chi connectivity index (χ3v) is 6.96. The van der Waals surface area contributed by atoms with E-state index in [1.54, 1.807) is 13.2 Å². The normalized spacial score (nSPS) is 22.9. The number of fused-ring (bicyclic) bond motifs is 3. The Morgan fingerprint density at radius 1 is 1.09 bits per heavy atom. The molecule has 33 heavy (non-hydrogen) atoms. The number of rotatable bonds is 3. The number of amides is 1.